The van der Waals surface area contributed by atoms with Gasteiger partial charge in [0.1, 0.15) is 11.3 Å². The molecule has 0 saturated heterocycles. The molecular formula is C17H15N5OS. The zero-order chi connectivity index (χ0) is 16.7. The van der Waals surface area contributed by atoms with E-state index in [1.807, 2.05) is 37.6 Å². The Labute approximate surface area is 142 Å². The number of ketones is 1. The van der Waals surface area contributed by atoms with Gasteiger partial charge in [-0.1, -0.05) is 0 Å². The van der Waals surface area contributed by atoms with Gasteiger partial charge in [-0.3, -0.25) is 9.79 Å². The summed E-state index contributed by atoms with van der Waals surface area (Å²) in [4.78, 5) is 25.8. The SMILES string of the molecule is CC1=NCC(c2cc(C(=O)Cc3nc(C)cs3)c3ncnn3c2)=C1. The van der Waals surface area contributed by atoms with E-state index in [1.165, 1.54) is 17.7 Å². The molecule has 0 saturated carbocycles. The van der Waals surface area contributed by atoms with Crippen LogP contribution in [0.25, 0.3) is 11.2 Å². The van der Waals surface area contributed by atoms with Crippen LogP contribution in [-0.4, -0.2) is 37.6 Å². The molecule has 0 spiro atoms. The van der Waals surface area contributed by atoms with Gasteiger partial charge in [0.05, 0.1) is 18.5 Å². The van der Waals surface area contributed by atoms with Gasteiger partial charge in [0.15, 0.2) is 11.4 Å². The molecule has 0 aliphatic carbocycles. The first-order chi connectivity index (χ1) is 11.6. The summed E-state index contributed by atoms with van der Waals surface area (Å²) in [5, 5.41) is 6.97. The number of aryl methyl sites for hydroxylation is 1. The number of aliphatic imine (C=N–C) groups is 1. The van der Waals surface area contributed by atoms with Gasteiger partial charge in [0.25, 0.3) is 0 Å². The number of carbonyl (C=O) groups is 1. The minimum Gasteiger partial charge on any atom is -0.294 e. The molecule has 0 amide bonds. The Hall–Kier alpha value is -2.67. The maximum atomic E-state index is 12.8. The summed E-state index contributed by atoms with van der Waals surface area (Å²) >= 11 is 1.51. The van der Waals surface area contributed by atoms with Crippen LogP contribution in [0.4, 0.5) is 0 Å². The zero-order valence-corrected chi connectivity index (χ0v) is 14.2. The average molecular weight is 337 g/mol. The molecule has 3 aromatic heterocycles. The fourth-order valence-corrected chi connectivity index (χ4v) is 3.52. The molecule has 0 unspecified atom stereocenters. The fraction of sp³-hybridized carbons (Fsp3) is 0.235. The highest BCUT2D eigenvalue weighted by Crippen LogP contribution is 2.23. The Morgan fingerprint density at radius 1 is 1.38 bits per heavy atom. The number of rotatable bonds is 4. The first-order valence-electron chi connectivity index (χ1n) is 7.60. The van der Waals surface area contributed by atoms with E-state index in [1.54, 1.807) is 4.52 Å². The van der Waals surface area contributed by atoms with E-state index in [2.05, 4.69) is 20.1 Å². The molecule has 6 nitrogen and oxygen atoms in total. The second kappa shape index (κ2) is 5.76. The minimum atomic E-state index is 0.000405. The number of hydrogen-bond acceptors (Lipinski definition) is 6. The fourth-order valence-electron chi connectivity index (χ4n) is 2.75. The molecule has 0 radical (unpaired) electrons. The molecule has 4 heterocycles. The highest BCUT2D eigenvalue weighted by molar-refractivity contribution is 7.09. The summed E-state index contributed by atoms with van der Waals surface area (Å²) in [6, 6.07) is 1.90. The number of allylic oxidation sites excluding steroid dienone is 1. The average Bonchev–Trinajstić information content (AvgIpc) is 3.27. The monoisotopic (exact) mass is 337 g/mol. The van der Waals surface area contributed by atoms with Gasteiger partial charge in [0.2, 0.25) is 0 Å². The van der Waals surface area contributed by atoms with Crippen LogP contribution >= 0.6 is 11.3 Å². The van der Waals surface area contributed by atoms with Gasteiger partial charge in [0, 0.05) is 23.0 Å². The topological polar surface area (TPSA) is 72.5 Å². The van der Waals surface area contributed by atoms with Crippen molar-refractivity contribution in [1.82, 2.24) is 19.6 Å². The van der Waals surface area contributed by atoms with Gasteiger partial charge in [-0.05, 0) is 37.1 Å². The number of nitrogens with zero attached hydrogens (tertiary/aromatic N) is 5. The van der Waals surface area contributed by atoms with Crippen molar-refractivity contribution in [1.29, 1.82) is 0 Å². The molecule has 1 aliphatic heterocycles. The predicted octanol–water partition coefficient (Wildman–Crippen LogP) is 2.78. The number of carbonyl (C=O) groups excluding carboxylic acids is 1. The molecular weight excluding hydrogens is 322 g/mol. The molecule has 7 heteroatoms. The summed E-state index contributed by atoms with van der Waals surface area (Å²) in [6.45, 7) is 4.53. The highest BCUT2D eigenvalue weighted by atomic mass is 32.1. The standard InChI is InChI=1S/C17H15N5OS/c1-10-3-12(6-18-10)13-4-14(17-19-9-20-22(17)7-13)15(23)5-16-21-11(2)8-24-16/h3-4,7-9H,5-6H2,1-2H3. The van der Waals surface area contributed by atoms with E-state index in [4.69, 9.17) is 0 Å². The highest BCUT2D eigenvalue weighted by Gasteiger charge is 2.18. The zero-order valence-electron chi connectivity index (χ0n) is 13.4. The van der Waals surface area contributed by atoms with Crippen molar-refractivity contribution in [3.63, 3.8) is 0 Å². The van der Waals surface area contributed by atoms with Crippen molar-refractivity contribution < 1.29 is 4.79 Å². The van der Waals surface area contributed by atoms with Crippen LogP contribution in [0, 0.1) is 6.92 Å². The Bertz CT molecular complexity index is 1010. The summed E-state index contributed by atoms with van der Waals surface area (Å²) in [6.07, 6.45) is 5.68. The van der Waals surface area contributed by atoms with Crippen molar-refractivity contribution in [2.24, 2.45) is 4.99 Å². The lowest BCUT2D eigenvalue weighted by Gasteiger charge is -2.07. The smallest absolute Gasteiger partial charge is 0.173 e. The quantitative estimate of drug-likeness (QED) is 0.686. The maximum Gasteiger partial charge on any atom is 0.173 e. The van der Waals surface area contributed by atoms with Crippen molar-refractivity contribution in [3.05, 3.63) is 51.9 Å². The molecule has 3 aromatic rings. The van der Waals surface area contributed by atoms with Crippen LogP contribution in [0.3, 0.4) is 0 Å². The third kappa shape index (κ3) is 2.67. The van der Waals surface area contributed by atoms with Crippen molar-refractivity contribution in [3.8, 4) is 0 Å². The van der Waals surface area contributed by atoms with Crippen LogP contribution in [0.15, 0.2) is 35.0 Å². The third-order valence-corrected chi connectivity index (χ3v) is 4.87. The molecule has 24 heavy (non-hydrogen) atoms. The summed E-state index contributed by atoms with van der Waals surface area (Å²) < 4.78 is 1.66. The molecule has 0 aromatic carbocycles. The molecule has 0 atom stereocenters. The number of aromatic nitrogens is 4. The van der Waals surface area contributed by atoms with Gasteiger partial charge in [-0.15, -0.1) is 11.3 Å². The number of Topliss-reactive ketones (excluding diaryl/α,β-unsaturated/α-hetero) is 1. The lowest BCUT2D eigenvalue weighted by atomic mass is 10.0. The van der Waals surface area contributed by atoms with Crippen LogP contribution in [0.5, 0.6) is 0 Å². The summed E-state index contributed by atoms with van der Waals surface area (Å²) in [7, 11) is 0. The summed E-state index contributed by atoms with van der Waals surface area (Å²) in [5.41, 5.74) is 5.12. The van der Waals surface area contributed by atoms with E-state index in [-0.39, 0.29) is 12.2 Å². The van der Waals surface area contributed by atoms with Gasteiger partial charge in [-0.2, -0.15) is 5.10 Å². The second-order valence-electron chi connectivity index (χ2n) is 5.78. The molecule has 0 bridgehead atoms. The lowest BCUT2D eigenvalue weighted by molar-refractivity contribution is 0.0994. The normalized spacial score (nSPS) is 14.1. The predicted molar refractivity (Wildman–Crippen MR) is 93.8 cm³/mol. The van der Waals surface area contributed by atoms with Gasteiger partial charge >= 0.3 is 0 Å². The van der Waals surface area contributed by atoms with Crippen LogP contribution in [0.1, 0.15) is 33.5 Å². The molecule has 0 fully saturated rings. The number of fused-ring (bicyclic) bond motifs is 1. The van der Waals surface area contributed by atoms with E-state index in [0.29, 0.717) is 17.8 Å². The van der Waals surface area contributed by atoms with Crippen molar-refractivity contribution in [2.75, 3.05) is 6.54 Å². The van der Waals surface area contributed by atoms with E-state index < -0.39 is 0 Å². The number of hydrogen-bond donors (Lipinski definition) is 0. The largest absolute Gasteiger partial charge is 0.294 e. The van der Waals surface area contributed by atoms with Gasteiger partial charge < -0.3 is 0 Å². The Kier molecular flexibility index (Phi) is 3.57. The molecule has 4 rings (SSSR count). The lowest BCUT2D eigenvalue weighted by Crippen LogP contribution is -2.08. The third-order valence-electron chi connectivity index (χ3n) is 3.91. The van der Waals surface area contributed by atoms with E-state index >= 15 is 0 Å². The minimum absolute atomic E-state index is 0.000405. The number of pyridine rings is 1. The second-order valence-corrected chi connectivity index (χ2v) is 6.72. The molecule has 1 aliphatic rings. The van der Waals surface area contributed by atoms with Crippen molar-refractivity contribution >= 4 is 34.1 Å². The van der Waals surface area contributed by atoms with E-state index in [9.17, 15) is 4.79 Å². The van der Waals surface area contributed by atoms with Crippen LogP contribution in [0.2, 0.25) is 0 Å². The maximum absolute atomic E-state index is 12.8. The van der Waals surface area contributed by atoms with E-state index in [0.717, 1.165) is 27.5 Å². The summed E-state index contributed by atoms with van der Waals surface area (Å²) in [5.74, 6) is 0.000405. The first kappa shape index (κ1) is 14.9. The number of thiazole rings is 1. The van der Waals surface area contributed by atoms with Gasteiger partial charge in [-0.25, -0.2) is 14.5 Å². The van der Waals surface area contributed by atoms with Crippen LogP contribution in [-0.2, 0) is 6.42 Å². The Balaban J connectivity index is 1.75. The van der Waals surface area contributed by atoms with Crippen LogP contribution < -0.4 is 0 Å². The Morgan fingerprint density at radius 3 is 2.96 bits per heavy atom. The first-order valence-corrected chi connectivity index (χ1v) is 8.48. The molecule has 0 N–H and O–H groups in total. The molecule has 120 valence electrons. The van der Waals surface area contributed by atoms with Crippen molar-refractivity contribution in [2.45, 2.75) is 20.3 Å². The Morgan fingerprint density at radius 2 is 2.25 bits per heavy atom.